The average molecular weight is 511 g/mol. The summed E-state index contributed by atoms with van der Waals surface area (Å²) in [5, 5.41) is 4.11. The number of nitrogens with zero attached hydrogens (tertiary/aromatic N) is 4. The van der Waals surface area contributed by atoms with Crippen molar-refractivity contribution in [1.29, 1.82) is 0 Å². The van der Waals surface area contributed by atoms with Gasteiger partial charge in [0.1, 0.15) is 5.54 Å². The Morgan fingerprint density at radius 1 is 1.00 bits per heavy atom. The first-order valence-electron chi connectivity index (χ1n) is 12.5. The number of aromatic nitrogens is 2. The van der Waals surface area contributed by atoms with Crippen molar-refractivity contribution in [2.75, 3.05) is 46.3 Å². The molecule has 2 N–H and O–H groups in total. The molecule has 0 bridgehead atoms. The molecule has 4 heterocycles. The Bertz CT molecular complexity index is 1190. The summed E-state index contributed by atoms with van der Waals surface area (Å²) in [4.78, 5) is 41.4. The summed E-state index contributed by atoms with van der Waals surface area (Å²) >= 11 is 0. The molecule has 2 saturated heterocycles. The van der Waals surface area contributed by atoms with Crippen LogP contribution in [0.1, 0.15) is 35.7 Å². The van der Waals surface area contributed by atoms with E-state index in [-0.39, 0.29) is 24.2 Å². The molecule has 2 amide bonds. The second-order valence-electron chi connectivity index (χ2n) is 9.96. The number of rotatable bonds is 5. The van der Waals surface area contributed by atoms with E-state index in [1.165, 1.54) is 12.8 Å². The molecular weight excluding hydrogens is 476 g/mol. The van der Waals surface area contributed by atoms with E-state index < -0.39 is 5.54 Å². The lowest BCUT2D eigenvalue weighted by Gasteiger charge is -2.44. The minimum atomic E-state index is -1.19. The molecule has 2 aliphatic rings. The monoisotopic (exact) mass is 510 g/mol. The van der Waals surface area contributed by atoms with Crippen molar-refractivity contribution >= 4 is 35.1 Å². The van der Waals surface area contributed by atoms with E-state index in [1.807, 2.05) is 29.3 Å². The van der Waals surface area contributed by atoms with Crippen molar-refractivity contribution < 1.29 is 9.59 Å². The van der Waals surface area contributed by atoms with Gasteiger partial charge in [0.05, 0.1) is 0 Å². The van der Waals surface area contributed by atoms with E-state index in [0.717, 1.165) is 42.6 Å². The number of piperidine rings is 1. The van der Waals surface area contributed by atoms with Crippen LogP contribution in [0.3, 0.4) is 0 Å². The Kier molecular flexibility index (Phi) is 7.97. The van der Waals surface area contributed by atoms with Crippen molar-refractivity contribution in [1.82, 2.24) is 30.0 Å². The minimum Gasteiger partial charge on any atom is -0.361 e. The maximum atomic E-state index is 13.9. The van der Waals surface area contributed by atoms with Crippen LogP contribution < -0.4 is 5.32 Å². The third kappa shape index (κ3) is 5.26. The number of amides is 2. The first kappa shape index (κ1) is 26.1. The van der Waals surface area contributed by atoms with Crippen LogP contribution >= 0.6 is 12.4 Å². The van der Waals surface area contributed by atoms with Gasteiger partial charge in [-0.25, -0.2) is 0 Å². The molecule has 2 aliphatic heterocycles. The number of benzene rings is 1. The molecule has 0 radical (unpaired) electrons. The lowest BCUT2D eigenvalue weighted by molar-refractivity contribution is -0.140. The Morgan fingerprint density at radius 2 is 1.69 bits per heavy atom. The molecule has 3 aromatic rings. The third-order valence-corrected chi connectivity index (χ3v) is 7.67. The van der Waals surface area contributed by atoms with Crippen LogP contribution in [0.15, 0.2) is 55.0 Å². The number of H-pyrrole nitrogens is 1. The zero-order valence-electron chi connectivity index (χ0n) is 20.9. The SMILES string of the molecule is CN1CCC(N2CCN(C(=O)[C@@](C)(NC(=O)c3ccc4cc[nH]c4c3)c3ccncc3)CC2)CC1.Cl. The highest BCUT2D eigenvalue weighted by Gasteiger charge is 2.41. The zero-order valence-corrected chi connectivity index (χ0v) is 21.8. The van der Waals surface area contributed by atoms with E-state index >= 15 is 0 Å². The second kappa shape index (κ2) is 11.0. The molecule has 8 nitrogen and oxygen atoms in total. The number of likely N-dealkylation sites (tertiary alicyclic amines) is 1. The lowest BCUT2D eigenvalue weighted by atomic mass is 9.90. The zero-order chi connectivity index (χ0) is 24.4. The van der Waals surface area contributed by atoms with Gasteiger partial charge in [0, 0.05) is 61.9 Å². The number of hydrogen-bond acceptors (Lipinski definition) is 5. The number of carbonyl (C=O) groups excluding carboxylic acids is 2. The highest BCUT2D eigenvalue weighted by atomic mass is 35.5. The van der Waals surface area contributed by atoms with Gasteiger partial charge in [-0.1, -0.05) is 6.07 Å². The Labute approximate surface area is 218 Å². The van der Waals surface area contributed by atoms with Crippen molar-refractivity contribution in [3.05, 3.63) is 66.1 Å². The number of nitrogens with one attached hydrogen (secondary N) is 2. The van der Waals surface area contributed by atoms with Gasteiger partial charge in [0.15, 0.2) is 0 Å². The maximum absolute atomic E-state index is 13.9. The van der Waals surface area contributed by atoms with Crippen LogP contribution in [0.4, 0.5) is 0 Å². The molecule has 9 heteroatoms. The predicted molar refractivity (Wildman–Crippen MR) is 143 cm³/mol. The number of pyridine rings is 1. The number of fused-ring (bicyclic) bond motifs is 1. The van der Waals surface area contributed by atoms with Crippen LogP contribution in [0, 0.1) is 0 Å². The molecule has 1 aromatic carbocycles. The molecule has 0 unspecified atom stereocenters. The molecule has 1 atom stereocenters. The fraction of sp³-hybridized carbons (Fsp3) is 0.444. The van der Waals surface area contributed by atoms with Crippen LogP contribution in [-0.4, -0.2) is 88.8 Å². The standard InChI is InChI=1S/C27H34N6O2.ClH/c1-27(22-6-10-28-11-7-22,30-25(34)21-4-3-20-5-12-29-24(20)19-21)26(35)33-17-15-32(16-18-33)23-8-13-31(2)14-9-23;/h3-7,10-12,19,23,29H,8-9,13-18H2,1-2H3,(H,30,34);1H/t27-;/m0./s1. The average Bonchev–Trinajstić information content (AvgIpc) is 3.37. The first-order valence-corrected chi connectivity index (χ1v) is 12.5. The first-order chi connectivity index (χ1) is 16.9. The summed E-state index contributed by atoms with van der Waals surface area (Å²) in [5.41, 5.74) is 0.935. The van der Waals surface area contributed by atoms with Gasteiger partial charge in [0.2, 0.25) is 0 Å². The van der Waals surface area contributed by atoms with Gasteiger partial charge < -0.3 is 20.1 Å². The van der Waals surface area contributed by atoms with Crippen molar-refractivity contribution in [2.45, 2.75) is 31.3 Å². The summed E-state index contributed by atoms with van der Waals surface area (Å²) in [6.07, 6.45) is 7.54. The van der Waals surface area contributed by atoms with Crippen LogP contribution in [0.5, 0.6) is 0 Å². The van der Waals surface area contributed by atoms with Crippen molar-refractivity contribution in [2.24, 2.45) is 0 Å². The molecule has 2 aromatic heterocycles. The van der Waals surface area contributed by atoms with Gasteiger partial charge in [-0.2, -0.15) is 0 Å². The topological polar surface area (TPSA) is 84.6 Å². The number of carbonyl (C=O) groups is 2. The Hall–Kier alpha value is -2.94. The summed E-state index contributed by atoms with van der Waals surface area (Å²) in [6.45, 7) is 7.12. The molecule has 0 saturated carbocycles. The Morgan fingerprint density at radius 3 is 2.39 bits per heavy atom. The van der Waals surface area contributed by atoms with Crippen LogP contribution in [0.2, 0.25) is 0 Å². The summed E-state index contributed by atoms with van der Waals surface area (Å²) < 4.78 is 0. The molecule has 5 rings (SSSR count). The van der Waals surface area contributed by atoms with E-state index in [9.17, 15) is 9.59 Å². The lowest BCUT2D eigenvalue weighted by Crippen LogP contribution is -2.60. The summed E-state index contributed by atoms with van der Waals surface area (Å²) in [6, 6.07) is 11.7. The van der Waals surface area contributed by atoms with E-state index in [0.29, 0.717) is 24.7 Å². The molecule has 0 aliphatic carbocycles. The summed E-state index contributed by atoms with van der Waals surface area (Å²) in [5.74, 6) is -0.361. The second-order valence-corrected chi connectivity index (χ2v) is 9.96. The molecular formula is C27H35ClN6O2. The van der Waals surface area contributed by atoms with E-state index in [4.69, 9.17) is 0 Å². The highest BCUT2D eigenvalue weighted by Crippen LogP contribution is 2.26. The van der Waals surface area contributed by atoms with Gasteiger partial charge >= 0.3 is 0 Å². The largest absolute Gasteiger partial charge is 0.361 e. The molecule has 192 valence electrons. The fourth-order valence-corrected chi connectivity index (χ4v) is 5.39. The van der Waals surface area contributed by atoms with E-state index in [2.05, 4.69) is 32.1 Å². The highest BCUT2D eigenvalue weighted by molar-refractivity contribution is 6.01. The van der Waals surface area contributed by atoms with Crippen LogP contribution in [-0.2, 0) is 10.3 Å². The van der Waals surface area contributed by atoms with Gasteiger partial charge in [0.25, 0.3) is 11.8 Å². The van der Waals surface area contributed by atoms with Gasteiger partial charge in [-0.3, -0.25) is 19.5 Å². The number of halogens is 1. The normalized spacial score (nSPS) is 19.4. The van der Waals surface area contributed by atoms with Crippen molar-refractivity contribution in [3.63, 3.8) is 0 Å². The maximum Gasteiger partial charge on any atom is 0.252 e. The molecule has 0 spiro atoms. The molecule has 2 fully saturated rings. The number of aromatic amines is 1. The van der Waals surface area contributed by atoms with Crippen LogP contribution in [0.25, 0.3) is 10.9 Å². The smallest absolute Gasteiger partial charge is 0.252 e. The van der Waals surface area contributed by atoms with Crippen molar-refractivity contribution in [3.8, 4) is 0 Å². The third-order valence-electron chi connectivity index (χ3n) is 7.67. The molecule has 36 heavy (non-hydrogen) atoms. The minimum absolute atomic E-state index is 0. The summed E-state index contributed by atoms with van der Waals surface area (Å²) in [7, 11) is 2.18. The van der Waals surface area contributed by atoms with E-state index in [1.54, 1.807) is 37.5 Å². The quantitative estimate of drug-likeness (QED) is 0.551. The fourth-order valence-electron chi connectivity index (χ4n) is 5.39. The van der Waals surface area contributed by atoms with Gasteiger partial charge in [-0.15, -0.1) is 12.4 Å². The van der Waals surface area contributed by atoms with Gasteiger partial charge in [-0.05, 0) is 81.2 Å². The Balaban J connectivity index is 0.00000304. The number of piperazine rings is 1. The predicted octanol–water partition coefficient (Wildman–Crippen LogP) is 2.87. The number of hydrogen-bond donors (Lipinski definition) is 2.